The topological polar surface area (TPSA) is 64.0 Å². The predicted octanol–water partition coefficient (Wildman–Crippen LogP) is 1.48. The Labute approximate surface area is 147 Å². The van der Waals surface area contributed by atoms with E-state index in [1.807, 2.05) is 4.90 Å². The number of benzene rings is 1. The van der Waals surface area contributed by atoms with Crippen molar-refractivity contribution >= 4 is 17.5 Å². The number of piperidine rings is 1. The van der Waals surface area contributed by atoms with Gasteiger partial charge in [-0.1, -0.05) is 11.6 Å². The number of likely N-dealkylation sites (tertiary alicyclic amines) is 2. The predicted molar refractivity (Wildman–Crippen MR) is 93.1 cm³/mol. The first-order chi connectivity index (χ1) is 11.6. The molecule has 24 heavy (non-hydrogen) atoms. The zero-order valence-electron chi connectivity index (χ0n) is 13.8. The minimum absolute atomic E-state index is 0.00156. The summed E-state index contributed by atoms with van der Waals surface area (Å²) in [5.74, 6) is 0.399. The normalized spacial score (nSPS) is 26.0. The van der Waals surface area contributed by atoms with Crippen LogP contribution in [-0.4, -0.2) is 71.4 Å². The zero-order chi connectivity index (χ0) is 17.1. The lowest BCUT2D eigenvalue weighted by atomic mass is 9.95. The maximum Gasteiger partial charge on any atom is 0.253 e. The zero-order valence-corrected chi connectivity index (χ0v) is 14.5. The van der Waals surface area contributed by atoms with E-state index in [9.17, 15) is 15.0 Å². The molecule has 2 saturated heterocycles. The number of aliphatic hydroxyl groups excluding tert-OH is 2. The highest BCUT2D eigenvalue weighted by Crippen LogP contribution is 2.27. The highest BCUT2D eigenvalue weighted by atomic mass is 35.5. The second-order valence-electron chi connectivity index (χ2n) is 6.95. The van der Waals surface area contributed by atoms with Crippen molar-refractivity contribution in [3.8, 4) is 0 Å². The van der Waals surface area contributed by atoms with Gasteiger partial charge in [0.2, 0.25) is 0 Å². The average molecular weight is 353 g/mol. The molecule has 2 atom stereocenters. The van der Waals surface area contributed by atoms with Crippen LogP contribution in [0.2, 0.25) is 5.02 Å². The Kier molecular flexibility index (Phi) is 5.76. The second kappa shape index (κ2) is 7.83. The van der Waals surface area contributed by atoms with Crippen molar-refractivity contribution in [2.24, 2.45) is 11.8 Å². The van der Waals surface area contributed by atoms with Crippen molar-refractivity contribution in [2.45, 2.75) is 18.9 Å². The van der Waals surface area contributed by atoms with Crippen LogP contribution in [0.5, 0.6) is 0 Å². The molecule has 2 aliphatic heterocycles. The molecule has 0 bridgehead atoms. The molecule has 0 aliphatic carbocycles. The van der Waals surface area contributed by atoms with Crippen LogP contribution >= 0.6 is 11.6 Å². The third-order valence-electron chi connectivity index (χ3n) is 5.24. The Hall–Kier alpha value is -1.14. The Balaban J connectivity index is 1.61. The second-order valence-corrected chi connectivity index (χ2v) is 7.39. The van der Waals surface area contributed by atoms with Crippen molar-refractivity contribution in [2.75, 3.05) is 39.3 Å². The molecule has 0 radical (unpaired) electrons. The van der Waals surface area contributed by atoms with Gasteiger partial charge in [0.1, 0.15) is 0 Å². The molecule has 6 heteroatoms. The van der Waals surface area contributed by atoms with Gasteiger partial charge in [0, 0.05) is 55.8 Å². The standard InChI is InChI=1S/C18H25ClN2O3/c19-16-3-1-13(2-4-16)18(24)21-10-14(15(11-21)12-22)9-20-7-5-17(23)6-8-20/h1-4,14-15,17,22-23H,5-12H2/t14-,15-/m1/s1. The monoisotopic (exact) mass is 352 g/mol. The summed E-state index contributed by atoms with van der Waals surface area (Å²) in [6, 6.07) is 6.95. The third kappa shape index (κ3) is 4.09. The van der Waals surface area contributed by atoms with Gasteiger partial charge in [-0.2, -0.15) is 0 Å². The van der Waals surface area contributed by atoms with Crippen LogP contribution in [0.15, 0.2) is 24.3 Å². The molecule has 0 spiro atoms. The summed E-state index contributed by atoms with van der Waals surface area (Å²) in [5.41, 5.74) is 0.637. The number of rotatable bonds is 4. The van der Waals surface area contributed by atoms with Gasteiger partial charge < -0.3 is 20.0 Å². The van der Waals surface area contributed by atoms with E-state index in [2.05, 4.69) is 4.90 Å². The van der Waals surface area contributed by atoms with Gasteiger partial charge in [0.25, 0.3) is 5.91 Å². The van der Waals surface area contributed by atoms with Crippen molar-refractivity contribution in [3.63, 3.8) is 0 Å². The number of hydrogen-bond acceptors (Lipinski definition) is 4. The van der Waals surface area contributed by atoms with Gasteiger partial charge in [-0.3, -0.25) is 4.79 Å². The summed E-state index contributed by atoms with van der Waals surface area (Å²) < 4.78 is 0. The molecular formula is C18H25ClN2O3. The first-order valence-electron chi connectivity index (χ1n) is 8.63. The van der Waals surface area contributed by atoms with E-state index in [-0.39, 0.29) is 30.5 Å². The first kappa shape index (κ1) is 17.7. The van der Waals surface area contributed by atoms with Gasteiger partial charge in [-0.25, -0.2) is 0 Å². The molecule has 132 valence electrons. The molecule has 1 amide bonds. The van der Waals surface area contributed by atoms with Gasteiger partial charge in [-0.15, -0.1) is 0 Å². The molecule has 2 fully saturated rings. The van der Waals surface area contributed by atoms with E-state index in [0.717, 1.165) is 32.5 Å². The number of nitrogens with zero attached hydrogens (tertiary/aromatic N) is 2. The van der Waals surface area contributed by atoms with E-state index in [0.29, 0.717) is 23.7 Å². The molecule has 2 heterocycles. The Bertz CT molecular complexity index is 558. The summed E-state index contributed by atoms with van der Waals surface area (Å²) in [6.45, 7) is 4.03. The SMILES string of the molecule is O=C(c1ccc(Cl)cc1)N1C[C@@H](CN2CCC(O)CC2)[C@@H](CO)C1. The third-order valence-corrected chi connectivity index (χ3v) is 5.49. The molecule has 2 aliphatic rings. The van der Waals surface area contributed by atoms with Crippen LogP contribution in [0, 0.1) is 11.8 Å². The number of carbonyl (C=O) groups is 1. The van der Waals surface area contributed by atoms with E-state index in [1.165, 1.54) is 0 Å². The van der Waals surface area contributed by atoms with Crippen molar-refractivity contribution in [1.82, 2.24) is 9.80 Å². The molecular weight excluding hydrogens is 328 g/mol. The Morgan fingerprint density at radius 1 is 1.12 bits per heavy atom. The number of aliphatic hydroxyl groups is 2. The van der Waals surface area contributed by atoms with Crippen LogP contribution in [0.4, 0.5) is 0 Å². The molecule has 0 aromatic heterocycles. The highest BCUT2D eigenvalue weighted by Gasteiger charge is 2.36. The lowest BCUT2D eigenvalue weighted by Crippen LogP contribution is -2.40. The lowest BCUT2D eigenvalue weighted by molar-refractivity contribution is 0.0679. The number of carbonyl (C=O) groups excluding carboxylic acids is 1. The maximum absolute atomic E-state index is 12.7. The largest absolute Gasteiger partial charge is 0.396 e. The van der Waals surface area contributed by atoms with E-state index in [4.69, 9.17) is 11.6 Å². The van der Waals surface area contributed by atoms with Gasteiger partial charge >= 0.3 is 0 Å². The quantitative estimate of drug-likeness (QED) is 0.861. The van der Waals surface area contributed by atoms with Crippen LogP contribution in [0.3, 0.4) is 0 Å². The fraction of sp³-hybridized carbons (Fsp3) is 0.611. The summed E-state index contributed by atoms with van der Waals surface area (Å²) >= 11 is 5.88. The van der Waals surface area contributed by atoms with E-state index in [1.54, 1.807) is 24.3 Å². The summed E-state index contributed by atoms with van der Waals surface area (Å²) in [5, 5.41) is 19.9. The van der Waals surface area contributed by atoms with Crippen LogP contribution in [-0.2, 0) is 0 Å². The van der Waals surface area contributed by atoms with Gasteiger partial charge in [0.05, 0.1) is 6.10 Å². The minimum atomic E-state index is -0.179. The molecule has 5 nitrogen and oxygen atoms in total. The van der Waals surface area contributed by atoms with Crippen LogP contribution < -0.4 is 0 Å². The van der Waals surface area contributed by atoms with Crippen molar-refractivity contribution < 1.29 is 15.0 Å². The summed E-state index contributed by atoms with van der Waals surface area (Å²) in [6.07, 6.45) is 1.44. The van der Waals surface area contributed by atoms with E-state index >= 15 is 0 Å². The number of hydrogen-bond donors (Lipinski definition) is 2. The van der Waals surface area contributed by atoms with Gasteiger partial charge in [0.15, 0.2) is 0 Å². The smallest absolute Gasteiger partial charge is 0.253 e. The number of amides is 1. The molecule has 3 rings (SSSR count). The van der Waals surface area contributed by atoms with Crippen molar-refractivity contribution in [3.05, 3.63) is 34.9 Å². The summed E-state index contributed by atoms with van der Waals surface area (Å²) in [4.78, 5) is 16.8. The first-order valence-corrected chi connectivity index (χ1v) is 9.00. The summed E-state index contributed by atoms with van der Waals surface area (Å²) in [7, 11) is 0. The highest BCUT2D eigenvalue weighted by molar-refractivity contribution is 6.30. The molecule has 2 N–H and O–H groups in total. The van der Waals surface area contributed by atoms with Crippen LogP contribution in [0.25, 0.3) is 0 Å². The minimum Gasteiger partial charge on any atom is -0.396 e. The Morgan fingerprint density at radius 2 is 1.75 bits per heavy atom. The van der Waals surface area contributed by atoms with Crippen LogP contribution in [0.1, 0.15) is 23.2 Å². The fourth-order valence-electron chi connectivity index (χ4n) is 3.73. The molecule has 0 saturated carbocycles. The van der Waals surface area contributed by atoms with Crippen molar-refractivity contribution in [1.29, 1.82) is 0 Å². The Morgan fingerprint density at radius 3 is 2.38 bits per heavy atom. The van der Waals surface area contributed by atoms with Gasteiger partial charge in [-0.05, 0) is 43.0 Å². The fourth-order valence-corrected chi connectivity index (χ4v) is 3.85. The lowest BCUT2D eigenvalue weighted by Gasteiger charge is -2.32. The van der Waals surface area contributed by atoms with E-state index < -0.39 is 0 Å². The molecule has 0 unspecified atom stereocenters. The molecule has 1 aromatic carbocycles. The average Bonchev–Trinajstić information content (AvgIpc) is 3.00. The molecule has 1 aromatic rings. The maximum atomic E-state index is 12.7. The number of halogens is 1.